The van der Waals surface area contributed by atoms with Crippen molar-refractivity contribution in [2.75, 3.05) is 0 Å². The molecule has 5 heteroatoms. The minimum atomic E-state index is -0.179. The fourth-order valence-electron chi connectivity index (χ4n) is 1.69. The Morgan fingerprint density at radius 2 is 2.06 bits per heavy atom. The van der Waals surface area contributed by atoms with E-state index in [1.165, 1.54) is 0 Å². The molecule has 0 bridgehead atoms. The molecule has 0 atom stereocenters. The van der Waals surface area contributed by atoms with Crippen molar-refractivity contribution in [2.24, 2.45) is 0 Å². The first kappa shape index (κ1) is 9.35. The fourth-order valence-corrected chi connectivity index (χ4v) is 2.31. The number of imidazole rings is 1. The predicted octanol–water partition coefficient (Wildman–Crippen LogP) is 2.29. The Hall–Kier alpha value is -1.88. The van der Waals surface area contributed by atoms with Gasteiger partial charge >= 0.3 is 5.69 Å². The maximum Gasteiger partial charge on any atom is 0.323 e. The molecule has 2 aromatic heterocycles. The van der Waals surface area contributed by atoms with Crippen LogP contribution in [0.2, 0.25) is 0 Å². The summed E-state index contributed by atoms with van der Waals surface area (Å²) >= 11 is 1.62. The number of benzene rings is 1. The summed E-state index contributed by atoms with van der Waals surface area (Å²) in [6.45, 7) is 1.98. The first-order chi connectivity index (χ1) is 7.72. The molecule has 0 aliphatic heterocycles. The van der Waals surface area contributed by atoms with Crippen molar-refractivity contribution in [1.29, 1.82) is 0 Å². The third kappa shape index (κ3) is 1.45. The van der Waals surface area contributed by atoms with Crippen molar-refractivity contribution in [3.8, 4) is 11.3 Å². The third-order valence-corrected chi connectivity index (χ3v) is 3.20. The van der Waals surface area contributed by atoms with Crippen molar-refractivity contribution in [3.63, 3.8) is 0 Å². The number of H-pyrrole nitrogens is 2. The van der Waals surface area contributed by atoms with Gasteiger partial charge < -0.3 is 9.97 Å². The summed E-state index contributed by atoms with van der Waals surface area (Å²) in [5.74, 6) is 0. The monoisotopic (exact) mass is 231 g/mol. The lowest BCUT2D eigenvalue weighted by Gasteiger charge is -1.96. The Balaban J connectivity index is 2.21. The zero-order chi connectivity index (χ0) is 11.1. The average Bonchev–Trinajstić information content (AvgIpc) is 2.81. The normalized spacial score (nSPS) is 11.1. The van der Waals surface area contributed by atoms with E-state index in [1.807, 2.05) is 30.5 Å². The van der Waals surface area contributed by atoms with Gasteiger partial charge in [-0.2, -0.15) is 0 Å². The number of hydrogen-bond donors (Lipinski definition) is 2. The van der Waals surface area contributed by atoms with Crippen molar-refractivity contribution in [1.82, 2.24) is 15.0 Å². The van der Waals surface area contributed by atoms with Crippen molar-refractivity contribution >= 4 is 22.4 Å². The molecular formula is C11H9N3OS. The van der Waals surface area contributed by atoms with E-state index < -0.39 is 0 Å². The molecule has 0 saturated heterocycles. The Morgan fingerprint density at radius 1 is 1.25 bits per heavy atom. The number of aromatic nitrogens is 3. The molecule has 4 nitrogen and oxygen atoms in total. The Labute approximate surface area is 95.0 Å². The predicted molar refractivity (Wildman–Crippen MR) is 64.8 cm³/mol. The standard InChI is InChI=1S/C11H9N3OS/c1-6-12-10(5-16-6)7-2-3-8-9(4-7)14-11(15)13-8/h2-5H,1H3,(H2,13,14,15). The minimum absolute atomic E-state index is 0.179. The van der Waals surface area contributed by atoms with Crippen LogP contribution in [-0.2, 0) is 0 Å². The molecule has 0 radical (unpaired) electrons. The van der Waals surface area contributed by atoms with Gasteiger partial charge in [-0.05, 0) is 19.1 Å². The van der Waals surface area contributed by atoms with Crippen LogP contribution in [0, 0.1) is 6.92 Å². The van der Waals surface area contributed by atoms with Crippen LogP contribution >= 0.6 is 11.3 Å². The highest BCUT2D eigenvalue weighted by Gasteiger charge is 2.04. The van der Waals surface area contributed by atoms with E-state index in [4.69, 9.17) is 0 Å². The SMILES string of the molecule is Cc1nc(-c2ccc3[nH]c(=O)[nH]c3c2)cs1. The van der Waals surface area contributed by atoms with E-state index in [2.05, 4.69) is 15.0 Å². The highest BCUT2D eigenvalue weighted by Crippen LogP contribution is 2.23. The first-order valence-corrected chi connectivity index (χ1v) is 5.75. The molecule has 2 N–H and O–H groups in total. The molecule has 1 aromatic carbocycles. The Bertz CT molecular complexity index is 707. The molecule has 3 aromatic rings. The Kier molecular flexibility index (Phi) is 1.94. The van der Waals surface area contributed by atoms with Crippen LogP contribution in [-0.4, -0.2) is 15.0 Å². The fraction of sp³-hybridized carbons (Fsp3) is 0.0909. The van der Waals surface area contributed by atoms with Gasteiger partial charge in [-0.1, -0.05) is 6.07 Å². The number of nitrogens with zero attached hydrogens (tertiary/aromatic N) is 1. The summed E-state index contributed by atoms with van der Waals surface area (Å²) in [4.78, 5) is 21.0. The van der Waals surface area contributed by atoms with E-state index >= 15 is 0 Å². The quantitative estimate of drug-likeness (QED) is 0.675. The second-order valence-electron chi connectivity index (χ2n) is 3.59. The molecule has 0 amide bonds. The molecule has 0 saturated carbocycles. The van der Waals surface area contributed by atoms with Crippen LogP contribution in [0.25, 0.3) is 22.3 Å². The highest BCUT2D eigenvalue weighted by molar-refractivity contribution is 7.09. The van der Waals surface area contributed by atoms with E-state index in [9.17, 15) is 4.79 Å². The van der Waals surface area contributed by atoms with Gasteiger partial charge in [-0.3, -0.25) is 0 Å². The lowest BCUT2D eigenvalue weighted by Crippen LogP contribution is -1.99. The molecule has 0 aliphatic carbocycles. The summed E-state index contributed by atoms with van der Waals surface area (Å²) in [5, 5.41) is 3.05. The van der Waals surface area contributed by atoms with Crippen LogP contribution in [0.5, 0.6) is 0 Å². The van der Waals surface area contributed by atoms with Gasteiger partial charge in [0, 0.05) is 10.9 Å². The topological polar surface area (TPSA) is 61.5 Å². The molecule has 0 fully saturated rings. The van der Waals surface area contributed by atoms with Crippen molar-refractivity contribution < 1.29 is 0 Å². The number of thiazole rings is 1. The van der Waals surface area contributed by atoms with Crippen molar-refractivity contribution in [2.45, 2.75) is 6.92 Å². The number of fused-ring (bicyclic) bond motifs is 1. The van der Waals surface area contributed by atoms with Crippen LogP contribution in [0.1, 0.15) is 5.01 Å². The molecular weight excluding hydrogens is 222 g/mol. The third-order valence-electron chi connectivity index (χ3n) is 2.43. The summed E-state index contributed by atoms with van der Waals surface area (Å²) < 4.78 is 0. The van der Waals surface area contributed by atoms with Crippen LogP contribution in [0.3, 0.4) is 0 Å². The van der Waals surface area contributed by atoms with E-state index in [1.54, 1.807) is 11.3 Å². The molecule has 16 heavy (non-hydrogen) atoms. The molecule has 0 aliphatic rings. The van der Waals surface area contributed by atoms with Crippen LogP contribution in [0.4, 0.5) is 0 Å². The maximum absolute atomic E-state index is 11.1. The second kappa shape index (κ2) is 3.31. The highest BCUT2D eigenvalue weighted by atomic mass is 32.1. The van der Waals surface area contributed by atoms with Gasteiger partial charge in [0.2, 0.25) is 0 Å². The number of aryl methyl sites for hydroxylation is 1. The van der Waals surface area contributed by atoms with Gasteiger partial charge in [0.15, 0.2) is 0 Å². The number of rotatable bonds is 1. The second-order valence-corrected chi connectivity index (χ2v) is 4.65. The van der Waals surface area contributed by atoms with Crippen molar-refractivity contribution in [3.05, 3.63) is 39.1 Å². The number of hydrogen-bond acceptors (Lipinski definition) is 3. The van der Waals surface area contributed by atoms with Crippen LogP contribution in [0.15, 0.2) is 28.4 Å². The smallest absolute Gasteiger partial charge is 0.306 e. The summed E-state index contributed by atoms with van der Waals surface area (Å²) in [6, 6.07) is 5.78. The molecule has 80 valence electrons. The summed E-state index contributed by atoms with van der Waals surface area (Å²) in [7, 11) is 0. The lowest BCUT2D eigenvalue weighted by atomic mass is 10.1. The van der Waals surface area contributed by atoms with Gasteiger partial charge in [-0.25, -0.2) is 9.78 Å². The zero-order valence-electron chi connectivity index (χ0n) is 8.57. The summed E-state index contributed by atoms with van der Waals surface area (Å²) in [5.41, 5.74) is 3.43. The van der Waals surface area contributed by atoms with E-state index in [0.717, 1.165) is 27.3 Å². The largest absolute Gasteiger partial charge is 0.323 e. The number of nitrogens with one attached hydrogen (secondary N) is 2. The summed E-state index contributed by atoms with van der Waals surface area (Å²) in [6.07, 6.45) is 0. The van der Waals surface area contributed by atoms with Gasteiger partial charge in [0.25, 0.3) is 0 Å². The van der Waals surface area contributed by atoms with Gasteiger partial charge in [0.1, 0.15) is 0 Å². The lowest BCUT2D eigenvalue weighted by molar-refractivity contribution is 1.21. The molecule has 0 spiro atoms. The molecule has 3 rings (SSSR count). The van der Waals surface area contributed by atoms with E-state index in [0.29, 0.717) is 0 Å². The first-order valence-electron chi connectivity index (χ1n) is 4.87. The van der Waals surface area contributed by atoms with E-state index in [-0.39, 0.29) is 5.69 Å². The van der Waals surface area contributed by atoms with Crippen LogP contribution < -0.4 is 5.69 Å². The Morgan fingerprint density at radius 3 is 2.81 bits per heavy atom. The number of aromatic amines is 2. The van der Waals surface area contributed by atoms with Gasteiger partial charge in [-0.15, -0.1) is 11.3 Å². The zero-order valence-corrected chi connectivity index (χ0v) is 9.39. The molecule has 2 heterocycles. The molecule has 0 unspecified atom stereocenters. The average molecular weight is 231 g/mol. The van der Waals surface area contributed by atoms with Gasteiger partial charge in [0.05, 0.1) is 21.7 Å². The maximum atomic E-state index is 11.1. The minimum Gasteiger partial charge on any atom is -0.306 e.